The molecule has 0 saturated heterocycles. The van der Waals surface area contributed by atoms with Gasteiger partial charge in [-0.2, -0.15) is 0 Å². The quantitative estimate of drug-likeness (QED) is 0.355. The normalized spacial score (nSPS) is 10.8. The molecule has 0 fully saturated rings. The molecule has 0 radical (unpaired) electrons. The number of rotatable bonds is 7. The smallest absolute Gasteiger partial charge is 0.270 e. The van der Waals surface area contributed by atoms with E-state index in [1.165, 1.54) is 31.4 Å². The molecular formula is C21H18N2O6. The maximum atomic E-state index is 12.2. The van der Waals surface area contributed by atoms with Crippen molar-refractivity contribution < 1.29 is 24.0 Å². The number of non-ortho nitro benzene ring substituents is 1. The van der Waals surface area contributed by atoms with Crippen molar-refractivity contribution in [3.8, 4) is 17.1 Å². The molecule has 29 heavy (non-hydrogen) atoms. The molecule has 1 amide bonds. The SMILES string of the molecule is COc1cc(NC(=O)/C=C/c2cccc([N+](=O)[O-])c2)ccc1-c1ccc(CO)o1. The van der Waals surface area contributed by atoms with Crippen LogP contribution in [0, 0.1) is 10.1 Å². The molecule has 0 aliphatic carbocycles. The summed E-state index contributed by atoms with van der Waals surface area (Å²) in [5.41, 5.74) is 1.68. The lowest BCUT2D eigenvalue weighted by atomic mass is 10.1. The number of nitrogens with zero attached hydrogens (tertiary/aromatic N) is 1. The number of nitro benzene ring substituents is 1. The van der Waals surface area contributed by atoms with Crippen LogP contribution in [0.5, 0.6) is 5.75 Å². The van der Waals surface area contributed by atoms with Gasteiger partial charge in [-0.25, -0.2) is 0 Å². The van der Waals surface area contributed by atoms with Crippen LogP contribution in [-0.2, 0) is 11.4 Å². The first kappa shape index (κ1) is 19.8. The number of hydrogen-bond donors (Lipinski definition) is 2. The second-order valence-corrected chi connectivity index (χ2v) is 6.01. The maximum absolute atomic E-state index is 12.2. The first-order valence-electron chi connectivity index (χ1n) is 8.61. The Kier molecular flexibility index (Phi) is 6.06. The number of anilines is 1. The van der Waals surface area contributed by atoms with Crippen LogP contribution in [-0.4, -0.2) is 23.0 Å². The highest BCUT2D eigenvalue weighted by Crippen LogP contribution is 2.33. The fraction of sp³-hybridized carbons (Fsp3) is 0.0952. The Morgan fingerprint density at radius 2 is 2.07 bits per heavy atom. The van der Waals surface area contributed by atoms with Gasteiger partial charge in [-0.3, -0.25) is 14.9 Å². The molecule has 0 saturated carbocycles. The number of carbonyl (C=O) groups is 1. The zero-order chi connectivity index (χ0) is 20.8. The van der Waals surface area contributed by atoms with E-state index in [1.807, 2.05) is 0 Å². The molecule has 0 aliphatic rings. The third kappa shape index (κ3) is 4.88. The molecule has 0 atom stereocenters. The fourth-order valence-corrected chi connectivity index (χ4v) is 2.68. The van der Waals surface area contributed by atoms with Crippen LogP contribution in [0.1, 0.15) is 11.3 Å². The van der Waals surface area contributed by atoms with Crippen molar-refractivity contribution in [2.24, 2.45) is 0 Å². The summed E-state index contributed by atoms with van der Waals surface area (Å²) < 4.78 is 10.9. The van der Waals surface area contributed by atoms with Crippen LogP contribution >= 0.6 is 0 Å². The minimum atomic E-state index is -0.492. The van der Waals surface area contributed by atoms with Gasteiger partial charge in [-0.1, -0.05) is 12.1 Å². The number of carbonyl (C=O) groups excluding carboxylic acids is 1. The monoisotopic (exact) mass is 394 g/mol. The first-order valence-corrected chi connectivity index (χ1v) is 8.61. The van der Waals surface area contributed by atoms with E-state index in [4.69, 9.17) is 14.3 Å². The van der Waals surface area contributed by atoms with Crippen LogP contribution in [0.2, 0.25) is 0 Å². The topological polar surface area (TPSA) is 115 Å². The molecule has 8 nitrogen and oxygen atoms in total. The third-order valence-electron chi connectivity index (χ3n) is 4.06. The van der Waals surface area contributed by atoms with Crippen LogP contribution in [0.4, 0.5) is 11.4 Å². The summed E-state index contributed by atoms with van der Waals surface area (Å²) in [6.45, 7) is -0.201. The lowest BCUT2D eigenvalue weighted by Crippen LogP contribution is -2.07. The summed E-state index contributed by atoms with van der Waals surface area (Å²) in [5.74, 6) is 1.07. The Morgan fingerprint density at radius 1 is 1.24 bits per heavy atom. The Labute approximate surface area is 166 Å². The summed E-state index contributed by atoms with van der Waals surface area (Å²) in [5, 5.41) is 22.7. The van der Waals surface area contributed by atoms with E-state index < -0.39 is 10.8 Å². The minimum Gasteiger partial charge on any atom is -0.496 e. The van der Waals surface area contributed by atoms with Gasteiger partial charge in [0.25, 0.3) is 5.69 Å². The Morgan fingerprint density at radius 3 is 2.76 bits per heavy atom. The molecule has 0 aliphatic heterocycles. The third-order valence-corrected chi connectivity index (χ3v) is 4.06. The molecule has 148 valence electrons. The zero-order valence-corrected chi connectivity index (χ0v) is 15.5. The molecule has 3 aromatic rings. The lowest BCUT2D eigenvalue weighted by Gasteiger charge is -2.09. The van der Waals surface area contributed by atoms with Crippen molar-refractivity contribution in [3.63, 3.8) is 0 Å². The van der Waals surface area contributed by atoms with Gasteiger partial charge < -0.3 is 19.6 Å². The Hall–Kier alpha value is -3.91. The van der Waals surface area contributed by atoms with Gasteiger partial charge in [-0.15, -0.1) is 0 Å². The summed E-state index contributed by atoms with van der Waals surface area (Å²) in [4.78, 5) is 22.5. The largest absolute Gasteiger partial charge is 0.496 e. The summed E-state index contributed by atoms with van der Waals surface area (Å²) in [6, 6.07) is 14.5. The van der Waals surface area contributed by atoms with Crippen molar-refractivity contribution in [1.29, 1.82) is 0 Å². The summed E-state index contributed by atoms with van der Waals surface area (Å²) in [6.07, 6.45) is 2.78. The van der Waals surface area contributed by atoms with Gasteiger partial charge in [0.1, 0.15) is 23.9 Å². The molecule has 2 N–H and O–H groups in total. The van der Waals surface area contributed by atoms with E-state index in [2.05, 4.69) is 5.32 Å². The predicted octanol–water partition coefficient (Wildman–Crippen LogP) is 4.01. The van der Waals surface area contributed by atoms with Crippen molar-refractivity contribution in [2.75, 3.05) is 12.4 Å². The number of hydrogen-bond acceptors (Lipinski definition) is 6. The molecule has 8 heteroatoms. The standard InChI is InChI=1S/C21H18N2O6/c1-28-20-12-15(6-8-18(20)19-9-7-17(13-24)29-19)22-21(25)10-5-14-3-2-4-16(11-14)23(26)27/h2-12,24H,13H2,1H3,(H,22,25)/b10-5+. The van der Waals surface area contributed by atoms with Gasteiger partial charge in [0.05, 0.1) is 17.6 Å². The average Bonchev–Trinajstić information content (AvgIpc) is 3.21. The van der Waals surface area contributed by atoms with E-state index >= 15 is 0 Å². The van der Waals surface area contributed by atoms with Crippen LogP contribution in [0.25, 0.3) is 17.4 Å². The van der Waals surface area contributed by atoms with Crippen LogP contribution in [0.15, 0.2) is 65.1 Å². The fourth-order valence-electron chi connectivity index (χ4n) is 2.68. The van der Waals surface area contributed by atoms with Crippen molar-refractivity contribution in [2.45, 2.75) is 6.61 Å². The first-order chi connectivity index (χ1) is 14.0. The van der Waals surface area contributed by atoms with Gasteiger partial charge in [0.2, 0.25) is 5.91 Å². The molecule has 1 heterocycles. The highest BCUT2D eigenvalue weighted by Gasteiger charge is 2.12. The molecular weight excluding hydrogens is 376 g/mol. The number of aliphatic hydroxyl groups excluding tert-OH is 1. The van der Waals surface area contributed by atoms with E-state index in [0.29, 0.717) is 34.1 Å². The number of ether oxygens (including phenoxy) is 1. The highest BCUT2D eigenvalue weighted by molar-refractivity contribution is 6.02. The van der Waals surface area contributed by atoms with Crippen LogP contribution < -0.4 is 10.1 Å². The molecule has 0 spiro atoms. The number of furan rings is 1. The summed E-state index contributed by atoms with van der Waals surface area (Å²) in [7, 11) is 1.50. The molecule has 2 aromatic carbocycles. The van der Waals surface area contributed by atoms with Crippen molar-refractivity contribution in [1.82, 2.24) is 0 Å². The zero-order valence-electron chi connectivity index (χ0n) is 15.5. The van der Waals surface area contributed by atoms with Crippen molar-refractivity contribution in [3.05, 3.63) is 82.1 Å². The number of nitrogens with one attached hydrogen (secondary N) is 1. The molecule has 0 bridgehead atoms. The molecule has 0 unspecified atom stereocenters. The van der Waals surface area contributed by atoms with Gasteiger partial charge in [-0.05, 0) is 35.9 Å². The predicted molar refractivity (Wildman–Crippen MR) is 107 cm³/mol. The highest BCUT2D eigenvalue weighted by atomic mass is 16.6. The number of benzene rings is 2. The average molecular weight is 394 g/mol. The molecule has 3 rings (SSSR count). The summed E-state index contributed by atoms with van der Waals surface area (Å²) >= 11 is 0. The van der Waals surface area contributed by atoms with E-state index in [-0.39, 0.29) is 12.3 Å². The number of nitro groups is 1. The second kappa shape index (κ2) is 8.85. The van der Waals surface area contributed by atoms with E-state index in [0.717, 1.165) is 0 Å². The molecule has 1 aromatic heterocycles. The van der Waals surface area contributed by atoms with Gasteiger partial charge in [0, 0.05) is 30.0 Å². The van der Waals surface area contributed by atoms with E-state index in [1.54, 1.807) is 42.5 Å². The second-order valence-electron chi connectivity index (χ2n) is 6.01. The lowest BCUT2D eigenvalue weighted by molar-refractivity contribution is -0.384. The van der Waals surface area contributed by atoms with E-state index in [9.17, 15) is 14.9 Å². The van der Waals surface area contributed by atoms with Gasteiger partial charge >= 0.3 is 0 Å². The van der Waals surface area contributed by atoms with Gasteiger partial charge in [0.15, 0.2) is 0 Å². The number of amides is 1. The van der Waals surface area contributed by atoms with Crippen LogP contribution in [0.3, 0.4) is 0 Å². The maximum Gasteiger partial charge on any atom is 0.270 e. The minimum absolute atomic E-state index is 0.0461. The Bertz CT molecular complexity index is 1070. The number of methoxy groups -OCH3 is 1. The van der Waals surface area contributed by atoms with Crippen molar-refractivity contribution >= 4 is 23.4 Å². The Balaban J connectivity index is 1.73. The number of aliphatic hydroxyl groups is 1.